The Morgan fingerprint density at radius 1 is 1.32 bits per heavy atom. The number of carboxylic acids is 1. The number of aromatic nitrogens is 1. The van der Waals surface area contributed by atoms with Gasteiger partial charge < -0.3 is 10.0 Å². The van der Waals surface area contributed by atoms with E-state index in [4.69, 9.17) is 22.6 Å². The summed E-state index contributed by atoms with van der Waals surface area (Å²) in [6, 6.07) is 5.98. The number of anilines is 1. The molecule has 1 amide bonds. The van der Waals surface area contributed by atoms with E-state index in [1.54, 1.807) is 0 Å². The van der Waals surface area contributed by atoms with Crippen molar-refractivity contribution in [2.75, 3.05) is 4.90 Å². The molecule has 0 radical (unpaired) electrons. The van der Waals surface area contributed by atoms with Gasteiger partial charge in [-0.25, -0.2) is 14.2 Å². The first-order valence-electron chi connectivity index (χ1n) is 9.60. The highest BCUT2D eigenvalue weighted by Crippen LogP contribution is 2.37. The van der Waals surface area contributed by atoms with Gasteiger partial charge in [0.25, 0.3) is 5.91 Å². The van der Waals surface area contributed by atoms with Gasteiger partial charge in [-0.1, -0.05) is 12.1 Å². The number of pyridine rings is 1. The third kappa shape index (κ3) is 4.60. The molecule has 0 unspecified atom stereocenters. The Morgan fingerprint density at radius 2 is 2.00 bits per heavy atom. The zero-order valence-electron chi connectivity index (χ0n) is 17.7. The Morgan fingerprint density at radius 3 is 2.56 bits per heavy atom. The van der Waals surface area contributed by atoms with Gasteiger partial charge in [0, 0.05) is 18.2 Å². The summed E-state index contributed by atoms with van der Waals surface area (Å²) in [7, 11) is 0. The minimum absolute atomic E-state index is 0.131. The van der Waals surface area contributed by atoms with Crippen molar-refractivity contribution in [1.82, 2.24) is 9.88 Å². The highest BCUT2D eigenvalue weighted by Gasteiger charge is 2.50. The van der Waals surface area contributed by atoms with Crippen molar-refractivity contribution in [3.8, 4) is 6.07 Å². The number of hydrogen-bond donors (Lipinski definition) is 1. The number of nitriles is 1. The van der Waals surface area contributed by atoms with Gasteiger partial charge in [0.15, 0.2) is 10.8 Å². The molecule has 0 spiro atoms. The molecule has 2 heterocycles. The van der Waals surface area contributed by atoms with Crippen molar-refractivity contribution in [1.29, 1.82) is 5.26 Å². The molecule has 2 aromatic rings. The smallest absolute Gasteiger partial charge is 0.419 e. The first-order valence-corrected chi connectivity index (χ1v) is 10.0. The topological polar surface area (TPSA) is 97.5 Å². The van der Waals surface area contributed by atoms with Gasteiger partial charge in [0.05, 0.1) is 17.4 Å². The lowest BCUT2D eigenvalue weighted by molar-refractivity contribution is -0.138. The minimum atomic E-state index is -4.88. The molecule has 0 atom stereocenters. The van der Waals surface area contributed by atoms with Gasteiger partial charge in [-0.15, -0.1) is 0 Å². The molecule has 3 rings (SSSR count). The van der Waals surface area contributed by atoms with Gasteiger partial charge in [-0.2, -0.15) is 18.4 Å². The molecule has 12 heteroatoms. The molecule has 34 heavy (non-hydrogen) atoms. The maximum absolute atomic E-state index is 14.7. The van der Waals surface area contributed by atoms with E-state index in [1.807, 2.05) is 0 Å². The van der Waals surface area contributed by atoms with Crippen molar-refractivity contribution in [3.05, 3.63) is 64.7 Å². The lowest BCUT2D eigenvalue weighted by Gasteiger charge is -2.29. The molecule has 0 bridgehead atoms. The number of carbonyl (C=O) groups excluding carboxylic acids is 1. The summed E-state index contributed by atoms with van der Waals surface area (Å²) in [4.78, 5) is 29.5. The molecule has 7 nitrogen and oxygen atoms in total. The van der Waals surface area contributed by atoms with E-state index in [1.165, 1.54) is 43.0 Å². The number of carboxylic acid groups (broad SMARTS) is 1. The minimum Gasteiger partial charge on any atom is -0.478 e. The molecule has 1 saturated heterocycles. The second kappa shape index (κ2) is 8.83. The van der Waals surface area contributed by atoms with E-state index in [0.717, 1.165) is 23.2 Å². The Bertz CT molecular complexity index is 1270. The van der Waals surface area contributed by atoms with Gasteiger partial charge in [-0.05, 0) is 49.8 Å². The van der Waals surface area contributed by atoms with Crippen LogP contribution in [0.4, 0.5) is 23.2 Å². The fourth-order valence-corrected chi connectivity index (χ4v) is 3.82. The molecule has 0 aliphatic carbocycles. The van der Waals surface area contributed by atoms with Crippen LogP contribution in [-0.2, 0) is 22.3 Å². The largest absolute Gasteiger partial charge is 0.478 e. The van der Waals surface area contributed by atoms with E-state index < -0.39 is 40.7 Å². The highest BCUT2D eigenvalue weighted by molar-refractivity contribution is 7.80. The maximum atomic E-state index is 14.7. The summed E-state index contributed by atoms with van der Waals surface area (Å²) >= 11 is 5.36. The summed E-state index contributed by atoms with van der Waals surface area (Å²) in [6.07, 6.45) is -1.87. The zero-order valence-corrected chi connectivity index (χ0v) is 18.5. The molecule has 1 aromatic heterocycles. The Hall–Kier alpha value is -3.85. The van der Waals surface area contributed by atoms with Crippen LogP contribution in [0.15, 0.2) is 36.5 Å². The van der Waals surface area contributed by atoms with Gasteiger partial charge >= 0.3 is 12.1 Å². The van der Waals surface area contributed by atoms with Crippen LogP contribution in [0, 0.1) is 17.1 Å². The number of amides is 1. The Balaban J connectivity index is 1.96. The Labute approximate surface area is 196 Å². The van der Waals surface area contributed by atoms with Crippen molar-refractivity contribution in [2.24, 2.45) is 0 Å². The van der Waals surface area contributed by atoms with Crippen LogP contribution in [0.3, 0.4) is 0 Å². The quantitative estimate of drug-likeness (QED) is 0.381. The standard InChI is InChI=1S/C22H16F4N4O3S/c1-21(2)19(33)30(14-8-15(22(24,25)26)17(9-27)28-10-14)20(34)29(21)11-13-5-3-12(7-16(13)23)4-6-18(31)32/h3-8,10H,11H2,1-2H3,(H,31,32)/b6-4+. The monoisotopic (exact) mass is 492 g/mol. The van der Waals surface area contributed by atoms with E-state index in [-0.39, 0.29) is 22.9 Å². The molecule has 0 saturated carbocycles. The number of carbonyl (C=O) groups is 2. The third-order valence-electron chi connectivity index (χ3n) is 5.19. The Kier molecular flexibility index (Phi) is 6.44. The lowest BCUT2D eigenvalue weighted by atomic mass is 10.0. The van der Waals surface area contributed by atoms with Crippen LogP contribution in [0.1, 0.15) is 36.2 Å². The molecule has 1 aliphatic heterocycles. The summed E-state index contributed by atoms with van der Waals surface area (Å²) < 4.78 is 54.8. The first kappa shape index (κ1) is 24.8. The van der Waals surface area contributed by atoms with Crippen molar-refractivity contribution in [2.45, 2.75) is 32.1 Å². The molecular weight excluding hydrogens is 476 g/mol. The average Bonchev–Trinajstić information content (AvgIpc) is 2.92. The van der Waals surface area contributed by atoms with Gasteiger partial charge in [-0.3, -0.25) is 9.69 Å². The molecule has 176 valence electrons. The van der Waals surface area contributed by atoms with Gasteiger partial charge in [0.1, 0.15) is 17.4 Å². The third-order valence-corrected chi connectivity index (χ3v) is 5.59. The van der Waals surface area contributed by atoms with Crippen LogP contribution >= 0.6 is 12.2 Å². The lowest BCUT2D eigenvalue weighted by Crippen LogP contribution is -2.43. The van der Waals surface area contributed by atoms with Crippen molar-refractivity contribution >= 4 is 41.0 Å². The summed E-state index contributed by atoms with van der Waals surface area (Å²) in [5.41, 5.74) is -3.33. The predicted octanol–water partition coefficient (Wildman–Crippen LogP) is 4.12. The van der Waals surface area contributed by atoms with Crippen LogP contribution in [0.25, 0.3) is 6.08 Å². The number of hydrogen-bond acceptors (Lipinski definition) is 5. The summed E-state index contributed by atoms with van der Waals surface area (Å²) in [5, 5.41) is 17.5. The number of nitrogens with zero attached hydrogens (tertiary/aromatic N) is 4. The van der Waals surface area contributed by atoms with Crippen LogP contribution < -0.4 is 4.90 Å². The normalized spacial score (nSPS) is 15.8. The average molecular weight is 492 g/mol. The van der Waals surface area contributed by atoms with E-state index in [2.05, 4.69) is 4.98 Å². The van der Waals surface area contributed by atoms with Gasteiger partial charge in [0.2, 0.25) is 0 Å². The predicted molar refractivity (Wildman–Crippen MR) is 117 cm³/mol. The van der Waals surface area contributed by atoms with Crippen LogP contribution in [0.2, 0.25) is 0 Å². The van der Waals surface area contributed by atoms with Crippen LogP contribution in [0.5, 0.6) is 0 Å². The summed E-state index contributed by atoms with van der Waals surface area (Å²) in [5.74, 6) is -2.53. The number of halogens is 4. The molecule has 1 N–H and O–H groups in total. The van der Waals surface area contributed by atoms with E-state index in [9.17, 15) is 27.2 Å². The second-order valence-electron chi connectivity index (χ2n) is 7.79. The number of thiocarbonyl (C=S) groups is 1. The van der Waals surface area contributed by atoms with E-state index >= 15 is 0 Å². The highest BCUT2D eigenvalue weighted by atomic mass is 32.1. The zero-order chi connectivity index (χ0) is 25.4. The number of alkyl halides is 3. The molecule has 1 aromatic carbocycles. The number of benzene rings is 1. The summed E-state index contributed by atoms with van der Waals surface area (Å²) in [6.45, 7) is 2.80. The van der Waals surface area contributed by atoms with Crippen molar-refractivity contribution in [3.63, 3.8) is 0 Å². The fourth-order valence-electron chi connectivity index (χ4n) is 3.34. The molecular formula is C22H16F4N4O3S. The molecule has 1 aliphatic rings. The second-order valence-corrected chi connectivity index (χ2v) is 8.16. The molecule has 1 fully saturated rings. The SMILES string of the molecule is CC1(C)C(=O)N(c2cnc(C#N)c(C(F)(F)F)c2)C(=S)N1Cc1ccc(/C=C/C(=O)O)cc1F. The van der Waals surface area contributed by atoms with E-state index in [0.29, 0.717) is 11.6 Å². The fraction of sp³-hybridized carbons (Fsp3) is 0.227. The number of aliphatic carboxylic acids is 1. The number of rotatable bonds is 5. The first-order chi connectivity index (χ1) is 15.8. The maximum Gasteiger partial charge on any atom is 0.419 e. The van der Waals surface area contributed by atoms with Crippen molar-refractivity contribution < 1.29 is 32.3 Å². The van der Waals surface area contributed by atoms with Crippen LogP contribution in [-0.4, -0.2) is 37.5 Å².